The Morgan fingerprint density at radius 2 is 1.87 bits per heavy atom. The minimum Gasteiger partial charge on any atom is -0.465 e. The largest absolute Gasteiger partial charge is 0.465 e. The van der Waals surface area contributed by atoms with Crippen molar-refractivity contribution in [1.29, 1.82) is 0 Å². The minimum absolute atomic E-state index is 0.195. The van der Waals surface area contributed by atoms with E-state index in [1.165, 1.54) is 19.1 Å². The molecular formula is C28H37N3O7. The van der Waals surface area contributed by atoms with Crippen molar-refractivity contribution < 1.29 is 33.7 Å². The molecule has 1 aliphatic rings. The summed E-state index contributed by atoms with van der Waals surface area (Å²) in [5, 5.41) is 15.0. The first-order chi connectivity index (χ1) is 18.4. The smallest absolute Gasteiger partial charge is 0.407 e. The van der Waals surface area contributed by atoms with E-state index in [-0.39, 0.29) is 37.6 Å². The van der Waals surface area contributed by atoms with Crippen LogP contribution in [0.3, 0.4) is 0 Å². The van der Waals surface area contributed by atoms with Gasteiger partial charge in [0.15, 0.2) is 0 Å². The lowest BCUT2D eigenvalue weighted by atomic mass is 9.93. The Morgan fingerprint density at radius 3 is 2.55 bits per heavy atom. The van der Waals surface area contributed by atoms with Crippen molar-refractivity contribution in [3.8, 4) is 0 Å². The lowest BCUT2D eigenvalue weighted by molar-refractivity contribution is 0.0395. The van der Waals surface area contributed by atoms with Crippen LogP contribution in [0.1, 0.15) is 46.9 Å². The maximum absolute atomic E-state index is 13.1. The van der Waals surface area contributed by atoms with Gasteiger partial charge in [-0.25, -0.2) is 9.59 Å². The molecule has 1 fully saturated rings. The number of benzene rings is 2. The van der Waals surface area contributed by atoms with Crippen LogP contribution < -0.4 is 10.6 Å². The fraction of sp³-hybridized carbons (Fsp3) is 0.464. The van der Waals surface area contributed by atoms with E-state index in [2.05, 4.69) is 15.4 Å². The zero-order chi connectivity index (χ0) is 27.3. The van der Waals surface area contributed by atoms with Gasteiger partial charge in [-0.3, -0.25) is 4.79 Å². The average molecular weight is 528 g/mol. The molecule has 1 saturated heterocycles. The molecule has 3 amide bonds. The van der Waals surface area contributed by atoms with E-state index in [0.29, 0.717) is 18.6 Å². The third-order valence-corrected chi connectivity index (χ3v) is 6.60. The molecule has 1 aliphatic heterocycles. The van der Waals surface area contributed by atoms with Gasteiger partial charge in [0.2, 0.25) is 0 Å². The molecule has 0 spiro atoms. The Morgan fingerprint density at radius 1 is 1.11 bits per heavy atom. The molecule has 1 heterocycles. The Balaban J connectivity index is 1.69. The second-order valence-electron chi connectivity index (χ2n) is 9.28. The molecule has 0 bridgehead atoms. The van der Waals surface area contributed by atoms with Crippen LogP contribution in [0, 0.1) is 5.92 Å². The highest BCUT2D eigenvalue weighted by Gasteiger charge is 2.26. The van der Waals surface area contributed by atoms with Gasteiger partial charge >= 0.3 is 12.2 Å². The van der Waals surface area contributed by atoms with E-state index < -0.39 is 18.3 Å². The molecule has 0 aromatic heterocycles. The number of nitrogens with zero attached hydrogens (tertiary/aromatic N) is 1. The van der Waals surface area contributed by atoms with Crippen molar-refractivity contribution in [2.75, 3.05) is 47.1 Å². The summed E-state index contributed by atoms with van der Waals surface area (Å²) >= 11 is 0. The van der Waals surface area contributed by atoms with E-state index in [9.17, 15) is 19.5 Å². The van der Waals surface area contributed by atoms with Crippen molar-refractivity contribution in [1.82, 2.24) is 15.5 Å². The molecule has 206 valence electrons. The third-order valence-electron chi connectivity index (χ3n) is 6.60. The van der Waals surface area contributed by atoms with Gasteiger partial charge in [-0.2, -0.15) is 0 Å². The monoisotopic (exact) mass is 527 g/mol. The van der Waals surface area contributed by atoms with Crippen LogP contribution in [-0.4, -0.2) is 81.2 Å². The van der Waals surface area contributed by atoms with Gasteiger partial charge in [0.05, 0.1) is 19.8 Å². The molecule has 10 heteroatoms. The summed E-state index contributed by atoms with van der Waals surface area (Å²) in [4.78, 5) is 37.4. The molecule has 0 aliphatic carbocycles. The number of ether oxygens (including phenoxy) is 3. The molecule has 2 aromatic rings. The predicted molar refractivity (Wildman–Crippen MR) is 141 cm³/mol. The van der Waals surface area contributed by atoms with Crippen LogP contribution >= 0.6 is 0 Å². The third kappa shape index (κ3) is 8.74. The SMILES string of the molecule is COC(=O)NCCOC(c1ccccc1)c1cccc(C(=O)NCC(CC2CCCOC2)N(C)C(=O)O)c1. The normalized spacial score (nSPS) is 16.6. The van der Waals surface area contributed by atoms with Crippen molar-refractivity contribution in [3.63, 3.8) is 0 Å². The number of carbonyl (C=O) groups is 3. The number of nitrogens with one attached hydrogen (secondary N) is 2. The molecule has 3 unspecified atom stereocenters. The molecule has 10 nitrogen and oxygen atoms in total. The number of likely N-dealkylation sites (N-methyl/N-ethyl adjacent to an activating group) is 1. The van der Waals surface area contributed by atoms with Crippen LogP contribution in [0.15, 0.2) is 54.6 Å². The van der Waals surface area contributed by atoms with Gasteiger partial charge in [0.25, 0.3) is 5.91 Å². The first-order valence-electron chi connectivity index (χ1n) is 12.8. The maximum Gasteiger partial charge on any atom is 0.407 e. The summed E-state index contributed by atoms with van der Waals surface area (Å²) in [6, 6.07) is 16.4. The number of amides is 3. The van der Waals surface area contributed by atoms with Gasteiger partial charge < -0.3 is 34.9 Å². The maximum atomic E-state index is 13.1. The average Bonchev–Trinajstić information content (AvgIpc) is 2.95. The quantitative estimate of drug-likeness (QED) is 0.360. The van der Waals surface area contributed by atoms with E-state index in [4.69, 9.17) is 9.47 Å². The van der Waals surface area contributed by atoms with Crippen LogP contribution in [0.4, 0.5) is 9.59 Å². The topological polar surface area (TPSA) is 126 Å². The van der Waals surface area contributed by atoms with Crippen molar-refractivity contribution >= 4 is 18.1 Å². The second kappa shape index (κ2) is 14.9. The molecule has 0 saturated carbocycles. The van der Waals surface area contributed by atoms with Gasteiger partial charge in [-0.15, -0.1) is 0 Å². The van der Waals surface area contributed by atoms with Gasteiger partial charge in [-0.05, 0) is 48.4 Å². The Bertz CT molecular complexity index is 1040. The Labute approximate surface area is 223 Å². The molecular weight excluding hydrogens is 490 g/mol. The summed E-state index contributed by atoms with van der Waals surface area (Å²) in [6.45, 7) is 2.04. The van der Waals surface area contributed by atoms with Gasteiger partial charge in [0, 0.05) is 38.9 Å². The molecule has 3 atom stereocenters. The zero-order valence-electron chi connectivity index (χ0n) is 21.9. The number of hydrogen-bond acceptors (Lipinski definition) is 6. The van der Waals surface area contributed by atoms with Crippen molar-refractivity contribution in [2.45, 2.75) is 31.4 Å². The summed E-state index contributed by atoms with van der Waals surface area (Å²) in [6.07, 6.45) is 0.527. The highest BCUT2D eigenvalue weighted by Crippen LogP contribution is 2.27. The van der Waals surface area contributed by atoms with E-state index >= 15 is 0 Å². The van der Waals surface area contributed by atoms with Crippen LogP contribution in [0.25, 0.3) is 0 Å². The van der Waals surface area contributed by atoms with Crippen LogP contribution in [0.5, 0.6) is 0 Å². The first kappa shape index (κ1) is 28.9. The van der Waals surface area contributed by atoms with E-state index in [1.54, 1.807) is 18.2 Å². The standard InChI is InChI=1S/C28H37N3O7/c1-31(28(34)35)24(16-20-8-7-14-37-19-20)18-30-26(32)23-12-6-11-22(17-23)25(21-9-4-3-5-10-21)38-15-13-29-27(33)36-2/h3-6,9-12,17,20,24-25H,7-8,13-16,18-19H2,1-2H3,(H,29,33)(H,30,32)(H,34,35). The summed E-state index contributed by atoms with van der Waals surface area (Å²) in [5.41, 5.74) is 2.12. The fourth-order valence-electron chi connectivity index (χ4n) is 4.48. The summed E-state index contributed by atoms with van der Waals surface area (Å²) < 4.78 is 16.2. The molecule has 38 heavy (non-hydrogen) atoms. The lowest BCUT2D eigenvalue weighted by Gasteiger charge is -2.31. The molecule has 3 rings (SSSR count). The highest BCUT2D eigenvalue weighted by molar-refractivity contribution is 5.94. The highest BCUT2D eigenvalue weighted by atomic mass is 16.5. The van der Waals surface area contributed by atoms with Crippen LogP contribution in [-0.2, 0) is 14.2 Å². The first-order valence-corrected chi connectivity index (χ1v) is 12.8. The summed E-state index contributed by atoms with van der Waals surface area (Å²) in [7, 11) is 2.83. The van der Waals surface area contributed by atoms with Crippen LogP contribution in [0.2, 0.25) is 0 Å². The van der Waals surface area contributed by atoms with Gasteiger partial charge in [0.1, 0.15) is 6.10 Å². The molecule has 2 aromatic carbocycles. The van der Waals surface area contributed by atoms with E-state index in [0.717, 1.165) is 30.6 Å². The van der Waals surface area contributed by atoms with Crippen molar-refractivity contribution in [2.24, 2.45) is 5.92 Å². The zero-order valence-corrected chi connectivity index (χ0v) is 21.9. The number of rotatable bonds is 12. The van der Waals surface area contributed by atoms with Gasteiger partial charge in [-0.1, -0.05) is 42.5 Å². The minimum atomic E-state index is -1.03. The Kier molecular flexibility index (Phi) is 11.4. The lowest BCUT2D eigenvalue weighted by Crippen LogP contribution is -2.46. The number of carboxylic acid groups (broad SMARTS) is 1. The number of methoxy groups -OCH3 is 1. The molecule has 0 radical (unpaired) electrons. The van der Waals surface area contributed by atoms with Crippen molar-refractivity contribution in [3.05, 3.63) is 71.3 Å². The molecule has 3 N–H and O–H groups in total. The number of alkyl carbamates (subject to hydrolysis) is 1. The number of carbonyl (C=O) groups excluding carboxylic acids is 2. The Hall–Kier alpha value is -3.63. The van der Waals surface area contributed by atoms with E-state index in [1.807, 2.05) is 36.4 Å². The predicted octanol–water partition coefficient (Wildman–Crippen LogP) is 3.67. The second-order valence-corrected chi connectivity index (χ2v) is 9.28. The number of hydrogen-bond donors (Lipinski definition) is 3. The summed E-state index contributed by atoms with van der Waals surface area (Å²) in [5.74, 6) is -0.0389. The fourth-order valence-corrected chi connectivity index (χ4v) is 4.48.